The molecule has 7 heteroatoms. The molecule has 2 aromatic carbocycles. The lowest BCUT2D eigenvalue weighted by Crippen LogP contribution is -2.35. The molecule has 7 nitrogen and oxygen atoms in total. The zero-order chi connectivity index (χ0) is 19.6. The molecular formula is C20H25NO6. The zero-order valence-corrected chi connectivity index (χ0v) is 15.4. The first-order chi connectivity index (χ1) is 13.0. The summed E-state index contributed by atoms with van der Waals surface area (Å²) in [7, 11) is 1.49. The Hall–Kier alpha value is -2.77. The van der Waals surface area contributed by atoms with Crippen LogP contribution in [0.5, 0.6) is 11.5 Å². The number of methoxy groups -OCH3 is 1. The fourth-order valence-corrected chi connectivity index (χ4v) is 2.44. The number of hydrogen-bond donors (Lipinski definition) is 3. The second-order valence-corrected chi connectivity index (χ2v) is 5.80. The van der Waals surface area contributed by atoms with E-state index >= 15 is 0 Å². The van der Waals surface area contributed by atoms with Crippen molar-refractivity contribution >= 4 is 6.09 Å². The van der Waals surface area contributed by atoms with Crippen molar-refractivity contribution in [1.29, 1.82) is 0 Å². The minimum absolute atomic E-state index is 0.126. The predicted molar refractivity (Wildman–Crippen MR) is 99.8 cm³/mol. The Labute approximate surface area is 158 Å². The van der Waals surface area contributed by atoms with Gasteiger partial charge in [0.15, 0.2) is 11.5 Å². The monoisotopic (exact) mass is 375 g/mol. The number of amides is 1. The lowest BCUT2D eigenvalue weighted by molar-refractivity contribution is 0.0182. The summed E-state index contributed by atoms with van der Waals surface area (Å²) in [4.78, 5) is 11.7. The van der Waals surface area contributed by atoms with Crippen LogP contribution in [0.25, 0.3) is 0 Å². The van der Waals surface area contributed by atoms with Gasteiger partial charge >= 0.3 is 6.09 Å². The summed E-state index contributed by atoms with van der Waals surface area (Å²) in [6, 6.07) is 14.1. The van der Waals surface area contributed by atoms with Gasteiger partial charge in [-0.25, -0.2) is 4.79 Å². The third kappa shape index (κ3) is 6.16. The third-order valence-electron chi connectivity index (χ3n) is 3.86. The first-order valence-corrected chi connectivity index (χ1v) is 8.66. The summed E-state index contributed by atoms with van der Waals surface area (Å²) >= 11 is 0. The van der Waals surface area contributed by atoms with Gasteiger partial charge in [0.05, 0.1) is 13.7 Å². The predicted octanol–water partition coefficient (Wildman–Crippen LogP) is 2.41. The van der Waals surface area contributed by atoms with Crippen molar-refractivity contribution in [2.75, 3.05) is 20.3 Å². The molecule has 0 aliphatic heterocycles. The normalized spacial score (nSPS) is 12.7. The van der Waals surface area contributed by atoms with Gasteiger partial charge in [0, 0.05) is 6.54 Å². The van der Waals surface area contributed by atoms with E-state index in [1.807, 2.05) is 37.3 Å². The van der Waals surface area contributed by atoms with Crippen molar-refractivity contribution in [3.8, 4) is 11.5 Å². The van der Waals surface area contributed by atoms with Crippen molar-refractivity contribution < 1.29 is 29.2 Å². The van der Waals surface area contributed by atoms with E-state index in [1.165, 1.54) is 7.11 Å². The Kier molecular flexibility index (Phi) is 7.91. The van der Waals surface area contributed by atoms with Crippen molar-refractivity contribution in [3.05, 3.63) is 59.7 Å². The van der Waals surface area contributed by atoms with Crippen molar-refractivity contribution in [1.82, 2.24) is 5.32 Å². The molecule has 0 bridgehead atoms. The number of carbonyl (C=O) groups is 1. The molecule has 2 rings (SSSR count). The molecular weight excluding hydrogens is 350 g/mol. The van der Waals surface area contributed by atoms with E-state index in [1.54, 1.807) is 18.2 Å². The molecule has 0 fully saturated rings. The number of aliphatic hydroxyl groups is 2. The summed E-state index contributed by atoms with van der Waals surface area (Å²) in [6.45, 7) is 2.30. The summed E-state index contributed by atoms with van der Waals surface area (Å²) in [5, 5.41) is 22.9. The average Bonchev–Trinajstić information content (AvgIpc) is 2.71. The quantitative estimate of drug-likeness (QED) is 0.623. The van der Waals surface area contributed by atoms with Gasteiger partial charge in [-0.3, -0.25) is 0 Å². The Morgan fingerprint density at radius 1 is 1.11 bits per heavy atom. The van der Waals surface area contributed by atoms with Crippen LogP contribution < -0.4 is 14.8 Å². The number of ether oxygens (including phenoxy) is 3. The smallest absolute Gasteiger partial charge is 0.407 e. The van der Waals surface area contributed by atoms with E-state index in [9.17, 15) is 15.0 Å². The van der Waals surface area contributed by atoms with E-state index in [0.717, 1.165) is 5.56 Å². The van der Waals surface area contributed by atoms with Gasteiger partial charge < -0.3 is 29.7 Å². The van der Waals surface area contributed by atoms with Gasteiger partial charge in [-0.2, -0.15) is 0 Å². The number of benzene rings is 2. The van der Waals surface area contributed by atoms with Gasteiger partial charge in [0.1, 0.15) is 18.8 Å². The molecule has 0 saturated heterocycles. The molecule has 0 radical (unpaired) electrons. The molecule has 0 aliphatic rings. The van der Waals surface area contributed by atoms with Gasteiger partial charge in [-0.15, -0.1) is 0 Å². The Morgan fingerprint density at radius 2 is 1.85 bits per heavy atom. The van der Waals surface area contributed by atoms with E-state index in [0.29, 0.717) is 23.7 Å². The third-order valence-corrected chi connectivity index (χ3v) is 3.86. The minimum atomic E-state index is -1.21. The molecule has 0 aliphatic carbocycles. The van der Waals surface area contributed by atoms with Crippen LogP contribution in [0.2, 0.25) is 0 Å². The van der Waals surface area contributed by atoms with E-state index < -0.39 is 18.3 Å². The molecule has 0 saturated carbocycles. The summed E-state index contributed by atoms with van der Waals surface area (Å²) in [5.41, 5.74) is 1.30. The maximum atomic E-state index is 11.7. The van der Waals surface area contributed by atoms with Crippen molar-refractivity contribution in [3.63, 3.8) is 0 Å². The van der Waals surface area contributed by atoms with Crippen molar-refractivity contribution in [2.45, 2.75) is 25.7 Å². The maximum absolute atomic E-state index is 11.7. The number of hydrogen-bond acceptors (Lipinski definition) is 6. The molecule has 2 atom stereocenters. The summed E-state index contributed by atoms with van der Waals surface area (Å²) in [6.07, 6.45) is -3.09. The second-order valence-electron chi connectivity index (χ2n) is 5.80. The molecule has 3 N–H and O–H groups in total. The van der Waals surface area contributed by atoms with Gasteiger partial charge in [0.2, 0.25) is 0 Å². The van der Waals surface area contributed by atoms with Crippen LogP contribution >= 0.6 is 0 Å². The van der Waals surface area contributed by atoms with Crippen LogP contribution in [0.15, 0.2) is 48.5 Å². The second kappa shape index (κ2) is 10.4. The zero-order valence-electron chi connectivity index (χ0n) is 15.4. The van der Waals surface area contributed by atoms with Gasteiger partial charge in [-0.1, -0.05) is 36.4 Å². The average molecular weight is 375 g/mol. The maximum Gasteiger partial charge on any atom is 0.407 e. The summed E-state index contributed by atoms with van der Waals surface area (Å²) in [5.74, 6) is 1.00. The van der Waals surface area contributed by atoms with Gasteiger partial charge in [0.25, 0.3) is 0 Å². The van der Waals surface area contributed by atoms with Crippen LogP contribution in [0, 0.1) is 0 Å². The van der Waals surface area contributed by atoms with Crippen LogP contribution in [-0.2, 0) is 11.3 Å². The van der Waals surface area contributed by atoms with Crippen LogP contribution in [0.1, 0.15) is 24.2 Å². The number of rotatable bonds is 9. The topological polar surface area (TPSA) is 97.2 Å². The fourth-order valence-electron chi connectivity index (χ4n) is 2.44. The minimum Gasteiger partial charge on any atom is -0.493 e. The number of carbonyl (C=O) groups excluding carboxylic acids is 1. The Balaban J connectivity index is 1.85. The van der Waals surface area contributed by atoms with Crippen molar-refractivity contribution in [2.24, 2.45) is 0 Å². The lowest BCUT2D eigenvalue weighted by Gasteiger charge is -2.20. The number of aliphatic hydroxyl groups excluding tert-OH is 2. The highest BCUT2D eigenvalue weighted by atomic mass is 16.5. The molecule has 0 heterocycles. The number of nitrogens with one attached hydrogen (secondary N) is 1. The first kappa shape index (κ1) is 20.5. The highest BCUT2D eigenvalue weighted by molar-refractivity contribution is 5.67. The summed E-state index contributed by atoms with van der Waals surface area (Å²) < 4.78 is 15.7. The van der Waals surface area contributed by atoms with E-state index in [-0.39, 0.29) is 13.2 Å². The molecule has 146 valence electrons. The highest BCUT2D eigenvalue weighted by Crippen LogP contribution is 2.31. The van der Waals surface area contributed by atoms with Crippen LogP contribution in [-0.4, -0.2) is 42.7 Å². The number of alkyl carbamates (subject to hydrolysis) is 1. The van der Waals surface area contributed by atoms with Crippen LogP contribution in [0.4, 0.5) is 4.79 Å². The molecule has 0 spiro atoms. The molecule has 1 amide bonds. The Bertz CT molecular complexity index is 722. The highest BCUT2D eigenvalue weighted by Gasteiger charge is 2.21. The Morgan fingerprint density at radius 3 is 2.52 bits per heavy atom. The first-order valence-electron chi connectivity index (χ1n) is 8.66. The molecule has 27 heavy (non-hydrogen) atoms. The van der Waals surface area contributed by atoms with Crippen LogP contribution in [0.3, 0.4) is 0 Å². The lowest BCUT2D eigenvalue weighted by atomic mass is 10.0. The largest absolute Gasteiger partial charge is 0.493 e. The fraction of sp³-hybridized carbons (Fsp3) is 0.350. The van der Waals surface area contributed by atoms with Gasteiger partial charge in [-0.05, 0) is 30.2 Å². The SMILES string of the molecule is CCOc1ccc(C(O)C(O)CNC(=O)OCc2ccccc2)cc1OC. The van der Waals surface area contributed by atoms with E-state index in [2.05, 4.69) is 5.32 Å². The molecule has 2 unspecified atom stereocenters. The van der Waals surface area contributed by atoms with E-state index in [4.69, 9.17) is 14.2 Å². The standard InChI is InChI=1S/C20H25NO6/c1-3-26-17-10-9-15(11-18(17)25-2)19(23)16(22)12-21-20(24)27-13-14-7-5-4-6-8-14/h4-11,16,19,22-23H,3,12-13H2,1-2H3,(H,21,24). The molecule has 2 aromatic rings. The molecule has 0 aromatic heterocycles.